The summed E-state index contributed by atoms with van der Waals surface area (Å²) in [5.41, 5.74) is 4.11. The first-order valence-corrected chi connectivity index (χ1v) is 11.5. The molecule has 0 atom stereocenters. The molecule has 1 aliphatic rings. The monoisotopic (exact) mass is 477 g/mol. The molecule has 0 radical (unpaired) electrons. The first kappa shape index (κ1) is 25.8. The molecule has 3 rings (SSSR count). The fourth-order valence-corrected chi connectivity index (χ4v) is 3.76. The quantitative estimate of drug-likeness (QED) is 0.577. The van der Waals surface area contributed by atoms with E-state index in [1.54, 1.807) is 4.90 Å². The first-order valence-electron chi connectivity index (χ1n) is 11.5. The molecule has 0 spiro atoms. The number of ether oxygens (including phenoxy) is 1. The topological polar surface area (TPSA) is 45.7 Å². The Hall–Kier alpha value is -2.77. The molecule has 5 nitrogen and oxygen atoms in total. The predicted octanol–water partition coefficient (Wildman–Crippen LogP) is 5.58. The number of nitrogens with zero attached hydrogens (tertiary/aromatic N) is 3. The number of hydrogen-bond acceptors (Lipinski definition) is 4. The maximum absolute atomic E-state index is 12.9. The number of benzene rings is 1. The van der Waals surface area contributed by atoms with Gasteiger partial charge in [-0.05, 0) is 40.2 Å². The molecule has 1 aliphatic heterocycles. The van der Waals surface area contributed by atoms with Gasteiger partial charge < -0.3 is 14.5 Å². The highest BCUT2D eigenvalue weighted by Crippen LogP contribution is 2.33. The van der Waals surface area contributed by atoms with E-state index in [9.17, 15) is 18.0 Å². The zero-order valence-electron chi connectivity index (χ0n) is 20.8. The maximum atomic E-state index is 12.9. The third-order valence-corrected chi connectivity index (χ3v) is 5.95. The summed E-state index contributed by atoms with van der Waals surface area (Å²) in [5, 5.41) is 0. The minimum Gasteiger partial charge on any atom is -0.468 e. The van der Waals surface area contributed by atoms with Gasteiger partial charge in [0.25, 0.3) is 5.91 Å². The number of hydrogen-bond donors (Lipinski definition) is 0. The van der Waals surface area contributed by atoms with Gasteiger partial charge in [-0.15, -0.1) is 0 Å². The number of rotatable bonds is 4. The fraction of sp³-hybridized carbons (Fsp3) is 0.538. The van der Waals surface area contributed by atoms with Crippen molar-refractivity contribution < 1.29 is 22.7 Å². The Balaban J connectivity index is 1.68. The van der Waals surface area contributed by atoms with Gasteiger partial charge in [-0.1, -0.05) is 47.6 Å². The second kappa shape index (κ2) is 9.47. The van der Waals surface area contributed by atoms with E-state index in [2.05, 4.69) is 74.4 Å². The maximum Gasteiger partial charge on any atom is 0.422 e. The van der Waals surface area contributed by atoms with Crippen molar-refractivity contribution in [1.29, 1.82) is 0 Å². The molecular weight excluding hydrogens is 443 g/mol. The van der Waals surface area contributed by atoms with E-state index in [1.807, 2.05) is 0 Å². The number of halogens is 3. The van der Waals surface area contributed by atoms with Crippen LogP contribution >= 0.6 is 0 Å². The smallest absolute Gasteiger partial charge is 0.422 e. The van der Waals surface area contributed by atoms with Crippen LogP contribution in [0.5, 0.6) is 5.88 Å². The van der Waals surface area contributed by atoms with Crippen LogP contribution in [-0.2, 0) is 10.8 Å². The molecule has 0 bridgehead atoms. The minimum atomic E-state index is -4.43. The van der Waals surface area contributed by atoms with Crippen molar-refractivity contribution in [3.8, 4) is 5.88 Å². The number of carbonyl (C=O) groups is 1. The van der Waals surface area contributed by atoms with Crippen LogP contribution in [0.1, 0.15) is 63.0 Å². The zero-order chi connectivity index (χ0) is 25.3. The number of piperazine rings is 1. The number of amides is 1. The van der Waals surface area contributed by atoms with E-state index in [0.717, 1.165) is 5.69 Å². The minimum absolute atomic E-state index is 0.0246. The average molecular weight is 478 g/mol. The number of pyridine rings is 1. The van der Waals surface area contributed by atoms with Crippen molar-refractivity contribution >= 4 is 11.6 Å². The molecule has 8 heteroatoms. The van der Waals surface area contributed by atoms with Crippen LogP contribution in [0.3, 0.4) is 0 Å². The fourth-order valence-electron chi connectivity index (χ4n) is 3.76. The Kier molecular flexibility index (Phi) is 7.20. The molecule has 2 heterocycles. The van der Waals surface area contributed by atoms with Gasteiger partial charge in [-0.2, -0.15) is 13.2 Å². The second-order valence-electron chi connectivity index (χ2n) is 10.8. The average Bonchev–Trinajstić information content (AvgIpc) is 2.76. The van der Waals surface area contributed by atoms with E-state index in [1.165, 1.54) is 29.5 Å². The van der Waals surface area contributed by atoms with Gasteiger partial charge in [0.2, 0.25) is 5.88 Å². The standard InChI is InChI=1S/C26H34F3N3O2/c1-24(2,3)19-13-20(25(4,5)6)15-21(14-19)31-9-11-32(12-10-31)23(33)18-7-8-22(30-16-18)34-17-26(27,28)29/h7-8,13-16H,9-12,17H2,1-6H3. The molecular formula is C26H34F3N3O2. The molecule has 2 aromatic rings. The van der Waals surface area contributed by atoms with Crippen LogP contribution in [0.25, 0.3) is 0 Å². The Bertz CT molecular complexity index is 966. The van der Waals surface area contributed by atoms with Gasteiger partial charge in [0, 0.05) is 44.1 Å². The van der Waals surface area contributed by atoms with E-state index in [4.69, 9.17) is 0 Å². The summed E-state index contributed by atoms with van der Waals surface area (Å²) in [4.78, 5) is 20.8. The molecule has 0 unspecified atom stereocenters. The van der Waals surface area contributed by atoms with E-state index in [-0.39, 0.29) is 22.6 Å². The molecule has 1 saturated heterocycles. The Morgan fingerprint density at radius 3 is 1.91 bits per heavy atom. The Morgan fingerprint density at radius 2 is 1.47 bits per heavy atom. The SMILES string of the molecule is CC(C)(C)c1cc(N2CCN(C(=O)c3ccc(OCC(F)(F)F)nc3)CC2)cc(C(C)(C)C)c1. The lowest BCUT2D eigenvalue weighted by atomic mass is 9.80. The third-order valence-electron chi connectivity index (χ3n) is 5.95. The number of alkyl halides is 3. The lowest BCUT2D eigenvalue weighted by Gasteiger charge is -2.37. The largest absolute Gasteiger partial charge is 0.468 e. The highest BCUT2D eigenvalue weighted by Gasteiger charge is 2.29. The van der Waals surface area contributed by atoms with E-state index in [0.29, 0.717) is 31.7 Å². The molecule has 1 amide bonds. The molecule has 0 saturated carbocycles. The molecule has 34 heavy (non-hydrogen) atoms. The van der Waals surface area contributed by atoms with Crippen LogP contribution in [0, 0.1) is 0 Å². The zero-order valence-corrected chi connectivity index (χ0v) is 20.8. The van der Waals surface area contributed by atoms with Crippen LogP contribution in [0.2, 0.25) is 0 Å². The summed E-state index contributed by atoms with van der Waals surface area (Å²) in [5.74, 6) is -0.347. The second-order valence-corrected chi connectivity index (χ2v) is 10.8. The van der Waals surface area contributed by atoms with Crippen molar-refractivity contribution in [1.82, 2.24) is 9.88 Å². The van der Waals surface area contributed by atoms with Gasteiger partial charge >= 0.3 is 6.18 Å². The first-order chi connectivity index (χ1) is 15.6. The predicted molar refractivity (Wildman–Crippen MR) is 128 cm³/mol. The summed E-state index contributed by atoms with van der Waals surface area (Å²) in [7, 11) is 0. The van der Waals surface area contributed by atoms with Crippen molar-refractivity contribution in [2.45, 2.75) is 58.5 Å². The molecule has 1 aromatic carbocycles. The van der Waals surface area contributed by atoms with Crippen molar-refractivity contribution in [2.24, 2.45) is 0 Å². The highest BCUT2D eigenvalue weighted by atomic mass is 19.4. The lowest BCUT2D eigenvalue weighted by molar-refractivity contribution is -0.154. The van der Waals surface area contributed by atoms with E-state index < -0.39 is 12.8 Å². The number of aromatic nitrogens is 1. The summed E-state index contributed by atoms with van der Waals surface area (Å²) < 4.78 is 41.5. The number of carbonyl (C=O) groups excluding carboxylic acids is 1. The van der Waals surface area contributed by atoms with Gasteiger partial charge in [0.1, 0.15) is 0 Å². The van der Waals surface area contributed by atoms with Crippen LogP contribution in [0.15, 0.2) is 36.5 Å². The summed E-state index contributed by atoms with van der Waals surface area (Å²) in [6.07, 6.45) is -3.17. The highest BCUT2D eigenvalue weighted by molar-refractivity contribution is 5.94. The summed E-state index contributed by atoms with van der Waals surface area (Å²) >= 11 is 0. The summed E-state index contributed by atoms with van der Waals surface area (Å²) in [6.45, 7) is 14.3. The normalized spacial score (nSPS) is 15.4. The van der Waals surface area contributed by atoms with Crippen molar-refractivity contribution in [3.05, 3.63) is 53.2 Å². The van der Waals surface area contributed by atoms with Crippen LogP contribution in [0.4, 0.5) is 18.9 Å². The summed E-state index contributed by atoms with van der Waals surface area (Å²) in [6, 6.07) is 9.53. The van der Waals surface area contributed by atoms with Gasteiger partial charge in [0.15, 0.2) is 6.61 Å². The van der Waals surface area contributed by atoms with Gasteiger partial charge in [-0.25, -0.2) is 4.98 Å². The van der Waals surface area contributed by atoms with Crippen molar-refractivity contribution in [2.75, 3.05) is 37.7 Å². The molecule has 0 N–H and O–H groups in total. The number of anilines is 1. The third kappa shape index (κ3) is 6.64. The van der Waals surface area contributed by atoms with Gasteiger partial charge in [0.05, 0.1) is 5.56 Å². The molecule has 1 fully saturated rings. The van der Waals surface area contributed by atoms with Crippen LogP contribution in [-0.4, -0.2) is 54.8 Å². The van der Waals surface area contributed by atoms with Gasteiger partial charge in [-0.3, -0.25) is 4.79 Å². The molecule has 186 valence electrons. The van der Waals surface area contributed by atoms with Crippen molar-refractivity contribution in [3.63, 3.8) is 0 Å². The Morgan fingerprint density at radius 1 is 0.912 bits per heavy atom. The van der Waals surface area contributed by atoms with Crippen LogP contribution < -0.4 is 9.64 Å². The lowest BCUT2D eigenvalue weighted by Crippen LogP contribution is -2.49. The Labute approximate surface area is 199 Å². The van der Waals surface area contributed by atoms with E-state index >= 15 is 0 Å². The molecule has 1 aromatic heterocycles. The molecule has 0 aliphatic carbocycles.